The van der Waals surface area contributed by atoms with Gasteiger partial charge in [0.15, 0.2) is 0 Å². The number of rotatable bonds is 6. The number of nitrogens with one attached hydrogen (secondary N) is 1. The van der Waals surface area contributed by atoms with Crippen molar-refractivity contribution in [2.24, 2.45) is 5.84 Å². The molecule has 0 aromatic heterocycles. The van der Waals surface area contributed by atoms with Crippen LogP contribution in [0.2, 0.25) is 0 Å². The van der Waals surface area contributed by atoms with Crippen molar-refractivity contribution in [2.75, 3.05) is 0 Å². The van der Waals surface area contributed by atoms with Crippen LogP contribution in [0.4, 0.5) is 4.39 Å². The smallest absolute Gasteiger partial charge is 0.137 e. The normalized spacial score (nSPS) is 12.8. The first-order valence-electron chi connectivity index (χ1n) is 5.58. The molecule has 0 saturated carbocycles. The van der Waals surface area contributed by atoms with Crippen LogP contribution in [-0.4, -0.2) is 6.04 Å². The first kappa shape index (κ1) is 13.6. The van der Waals surface area contributed by atoms with E-state index in [4.69, 9.17) is 5.84 Å². The summed E-state index contributed by atoms with van der Waals surface area (Å²) in [6, 6.07) is 5.30. The maximum atomic E-state index is 13.3. The standard InChI is InChI=1S/C12H18BrFN2/c1-2-3-6-10(16-15)8-9-5-4-7-11(14)12(9)13/h4-5,7,10,16H,2-3,6,8,15H2,1H3. The quantitative estimate of drug-likeness (QED) is 0.623. The van der Waals surface area contributed by atoms with Crippen LogP contribution in [-0.2, 0) is 6.42 Å². The average Bonchev–Trinajstić information content (AvgIpc) is 2.30. The van der Waals surface area contributed by atoms with Gasteiger partial charge in [0.2, 0.25) is 0 Å². The summed E-state index contributed by atoms with van der Waals surface area (Å²) >= 11 is 3.26. The van der Waals surface area contributed by atoms with E-state index in [1.807, 2.05) is 6.07 Å². The Balaban J connectivity index is 2.66. The van der Waals surface area contributed by atoms with Crippen molar-refractivity contribution in [3.8, 4) is 0 Å². The highest BCUT2D eigenvalue weighted by Gasteiger charge is 2.11. The van der Waals surface area contributed by atoms with Crippen molar-refractivity contribution >= 4 is 15.9 Å². The molecule has 0 heterocycles. The number of nitrogens with two attached hydrogens (primary N) is 1. The number of halogens is 2. The van der Waals surface area contributed by atoms with E-state index in [-0.39, 0.29) is 11.9 Å². The van der Waals surface area contributed by atoms with Gasteiger partial charge in [0.05, 0.1) is 4.47 Å². The van der Waals surface area contributed by atoms with E-state index in [1.54, 1.807) is 6.07 Å². The van der Waals surface area contributed by atoms with Gasteiger partial charge in [-0.05, 0) is 40.4 Å². The highest BCUT2D eigenvalue weighted by atomic mass is 79.9. The lowest BCUT2D eigenvalue weighted by Crippen LogP contribution is -2.36. The predicted octanol–water partition coefficient (Wildman–Crippen LogP) is 3.15. The number of benzene rings is 1. The third-order valence-electron chi connectivity index (χ3n) is 2.64. The Bertz CT molecular complexity index is 331. The highest BCUT2D eigenvalue weighted by Crippen LogP contribution is 2.22. The Morgan fingerprint density at radius 2 is 2.25 bits per heavy atom. The monoisotopic (exact) mass is 288 g/mol. The molecular weight excluding hydrogens is 271 g/mol. The SMILES string of the molecule is CCCCC(Cc1cccc(F)c1Br)NN. The zero-order chi connectivity index (χ0) is 12.0. The second kappa shape index (κ2) is 6.99. The topological polar surface area (TPSA) is 38.0 Å². The molecule has 0 amide bonds. The van der Waals surface area contributed by atoms with Crippen molar-refractivity contribution < 1.29 is 4.39 Å². The first-order valence-corrected chi connectivity index (χ1v) is 6.37. The fraction of sp³-hybridized carbons (Fsp3) is 0.500. The van der Waals surface area contributed by atoms with Crippen LogP contribution in [0.5, 0.6) is 0 Å². The van der Waals surface area contributed by atoms with Crippen LogP contribution in [0.15, 0.2) is 22.7 Å². The molecule has 0 aliphatic rings. The molecular formula is C12H18BrFN2. The van der Waals surface area contributed by atoms with Gasteiger partial charge in [-0.2, -0.15) is 0 Å². The molecule has 1 unspecified atom stereocenters. The molecule has 90 valence electrons. The van der Waals surface area contributed by atoms with Crippen LogP contribution >= 0.6 is 15.9 Å². The third kappa shape index (κ3) is 3.85. The molecule has 1 aromatic rings. The van der Waals surface area contributed by atoms with Crippen molar-refractivity contribution in [3.63, 3.8) is 0 Å². The molecule has 0 fully saturated rings. The zero-order valence-electron chi connectivity index (χ0n) is 9.47. The molecule has 0 aliphatic heterocycles. The minimum absolute atomic E-state index is 0.207. The molecule has 1 rings (SSSR count). The molecule has 3 N–H and O–H groups in total. The Morgan fingerprint density at radius 3 is 2.88 bits per heavy atom. The lowest BCUT2D eigenvalue weighted by atomic mass is 10.0. The minimum Gasteiger partial charge on any atom is -0.271 e. The van der Waals surface area contributed by atoms with Gasteiger partial charge in [0, 0.05) is 6.04 Å². The highest BCUT2D eigenvalue weighted by molar-refractivity contribution is 9.10. The van der Waals surface area contributed by atoms with E-state index in [2.05, 4.69) is 28.3 Å². The Labute approximate surface area is 105 Å². The number of hydrogen-bond acceptors (Lipinski definition) is 2. The van der Waals surface area contributed by atoms with Crippen LogP contribution in [0.25, 0.3) is 0 Å². The van der Waals surface area contributed by atoms with E-state index in [0.29, 0.717) is 4.47 Å². The van der Waals surface area contributed by atoms with Gasteiger partial charge in [0.1, 0.15) is 5.82 Å². The fourth-order valence-electron chi connectivity index (χ4n) is 1.67. The molecule has 0 spiro atoms. The minimum atomic E-state index is -0.219. The summed E-state index contributed by atoms with van der Waals surface area (Å²) in [4.78, 5) is 0. The summed E-state index contributed by atoms with van der Waals surface area (Å²) in [6.45, 7) is 2.14. The van der Waals surface area contributed by atoms with Crippen LogP contribution in [0, 0.1) is 5.82 Å². The molecule has 0 saturated heterocycles. The lowest BCUT2D eigenvalue weighted by molar-refractivity contribution is 0.471. The van der Waals surface area contributed by atoms with Gasteiger partial charge in [0.25, 0.3) is 0 Å². The van der Waals surface area contributed by atoms with E-state index < -0.39 is 0 Å². The van der Waals surface area contributed by atoms with Crippen molar-refractivity contribution in [2.45, 2.75) is 38.6 Å². The van der Waals surface area contributed by atoms with E-state index >= 15 is 0 Å². The molecule has 1 atom stereocenters. The Kier molecular flexibility index (Phi) is 5.95. The number of hydrazine groups is 1. The van der Waals surface area contributed by atoms with Gasteiger partial charge in [-0.1, -0.05) is 31.9 Å². The summed E-state index contributed by atoms with van der Waals surface area (Å²) in [5.74, 6) is 5.27. The summed E-state index contributed by atoms with van der Waals surface area (Å²) in [5.41, 5.74) is 3.75. The molecule has 0 bridgehead atoms. The van der Waals surface area contributed by atoms with Gasteiger partial charge in [-0.25, -0.2) is 4.39 Å². The Morgan fingerprint density at radius 1 is 1.50 bits per heavy atom. The van der Waals surface area contributed by atoms with Crippen LogP contribution in [0.3, 0.4) is 0 Å². The van der Waals surface area contributed by atoms with Crippen LogP contribution in [0.1, 0.15) is 31.7 Å². The van der Waals surface area contributed by atoms with Crippen molar-refractivity contribution in [1.29, 1.82) is 0 Å². The fourth-order valence-corrected chi connectivity index (χ4v) is 2.09. The van der Waals surface area contributed by atoms with Crippen molar-refractivity contribution in [3.05, 3.63) is 34.1 Å². The maximum absolute atomic E-state index is 13.3. The maximum Gasteiger partial charge on any atom is 0.137 e. The molecule has 16 heavy (non-hydrogen) atoms. The van der Waals surface area contributed by atoms with E-state index in [9.17, 15) is 4.39 Å². The predicted molar refractivity (Wildman–Crippen MR) is 68.4 cm³/mol. The molecule has 4 heteroatoms. The first-order chi connectivity index (χ1) is 7.69. The van der Waals surface area contributed by atoms with E-state index in [0.717, 1.165) is 31.2 Å². The van der Waals surface area contributed by atoms with Gasteiger partial charge in [-0.15, -0.1) is 0 Å². The summed E-state index contributed by atoms with van der Waals surface area (Å²) in [7, 11) is 0. The second-order valence-corrected chi connectivity index (χ2v) is 4.72. The third-order valence-corrected chi connectivity index (χ3v) is 3.53. The molecule has 0 radical (unpaired) electrons. The summed E-state index contributed by atoms with van der Waals surface area (Å²) in [6.07, 6.45) is 4.02. The summed E-state index contributed by atoms with van der Waals surface area (Å²) < 4.78 is 13.8. The summed E-state index contributed by atoms with van der Waals surface area (Å²) in [5, 5.41) is 0. The second-order valence-electron chi connectivity index (χ2n) is 3.92. The number of hydrogen-bond donors (Lipinski definition) is 2. The largest absolute Gasteiger partial charge is 0.271 e. The van der Waals surface area contributed by atoms with E-state index in [1.165, 1.54) is 6.07 Å². The number of unbranched alkanes of at least 4 members (excludes halogenated alkanes) is 1. The van der Waals surface area contributed by atoms with Gasteiger partial charge < -0.3 is 0 Å². The average molecular weight is 289 g/mol. The van der Waals surface area contributed by atoms with Crippen molar-refractivity contribution in [1.82, 2.24) is 5.43 Å². The van der Waals surface area contributed by atoms with Gasteiger partial charge >= 0.3 is 0 Å². The molecule has 0 aliphatic carbocycles. The zero-order valence-corrected chi connectivity index (χ0v) is 11.1. The Hall–Kier alpha value is -0.450. The molecule has 2 nitrogen and oxygen atoms in total. The van der Waals surface area contributed by atoms with Gasteiger partial charge in [-0.3, -0.25) is 11.3 Å². The molecule has 1 aromatic carbocycles. The van der Waals surface area contributed by atoms with Crippen LogP contribution < -0.4 is 11.3 Å². The lowest BCUT2D eigenvalue weighted by Gasteiger charge is -2.16.